The van der Waals surface area contributed by atoms with Crippen molar-refractivity contribution in [2.45, 2.75) is 12.5 Å². The second kappa shape index (κ2) is 8.35. The minimum atomic E-state index is -0.942. The summed E-state index contributed by atoms with van der Waals surface area (Å²) in [5.74, 6) is -0.942. The number of aliphatic hydroxyl groups excluding tert-OH is 1. The van der Waals surface area contributed by atoms with E-state index in [0.29, 0.717) is 6.42 Å². The predicted octanol–water partition coefficient (Wildman–Crippen LogP) is 1.09. The second-order valence-electron chi connectivity index (χ2n) is 3.15. The fraction of sp³-hybridized carbons (Fsp3) is 0.300. The van der Waals surface area contributed by atoms with Crippen LogP contribution in [0.15, 0.2) is 24.3 Å². The SMILES string of the molecule is Cl.Cl.N[C@@H](CO)Cc1ccc(C(=O)O)cc1. The molecule has 0 fully saturated rings. The zero-order valence-electron chi connectivity index (χ0n) is 8.50. The van der Waals surface area contributed by atoms with Crippen molar-refractivity contribution in [2.75, 3.05) is 6.61 Å². The van der Waals surface area contributed by atoms with Crippen molar-refractivity contribution >= 4 is 30.8 Å². The molecule has 0 aliphatic heterocycles. The van der Waals surface area contributed by atoms with E-state index in [1.165, 1.54) is 12.1 Å². The summed E-state index contributed by atoms with van der Waals surface area (Å²) in [6.45, 7) is -0.0688. The maximum Gasteiger partial charge on any atom is 0.335 e. The lowest BCUT2D eigenvalue weighted by Crippen LogP contribution is -2.26. The molecule has 0 amide bonds. The minimum absolute atomic E-state index is 0. The average Bonchev–Trinajstić information content (AvgIpc) is 2.18. The van der Waals surface area contributed by atoms with Gasteiger partial charge in [-0.2, -0.15) is 0 Å². The molecule has 1 rings (SSSR count). The molecule has 0 heterocycles. The minimum Gasteiger partial charge on any atom is -0.478 e. The van der Waals surface area contributed by atoms with Gasteiger partial charge in [0.1, 0.15) is 0 Å². The van der Waals surface area contributed by atoms with E-state index < -0.39 is 5.97 Å². The maximum absolute atomic E-state index is 10.5. The standard InChI is InChI=1S/C10H13NO3.2ClH/c11-9(6-12)5-7-1-3-8(4-2-7)10(13)14;;/h1-4,9,12H,5-6,11H2,(H,13,14);2*1H/t9-;;/m1../s1. The van der Waals surface area contributed by atoms with E-state index in [1.807, 2.05) is 0 Å². The van der Waals surface area contributed by atoms with E-state index in [1.54, 1.807) is 12.1 Å². The summed E-state index contributed by atoms with van der Waals surface area (Å²) in [6.07, 6.45) is 0.552. The van der Waals surface area contributed by atoms with Gasteiger partial charge >= 0.3 is 5.97 Å². The third kappa shape index (κ3) is 5.32. The lowest BCUT2D eigenvalue weighted by molar-refractivity contribution is 0.0697. The van der Waals surface area contributed by atoms with Crippen LogP contribution in [0.4, 0.5) is 0 Å². The van der Waals surface area contributed by atoms with E-state index >= 15 is 0 Å². The summed E-state index contributed by atoms with van der Waals surface area (Å²) < 4.78 is 0. The Balaban J connectivity index is 0. The van der Waals surface area contributed by atoms with Crippen LogP contribution in [0, 0.1) is 0 Å². The number of carbonyl (C=O) groups is 1. The van der Waals surface area contributed by atoms with Crippen LogP contribution in [0.25, 0.3) is 0 Å². The van der Waals surface area contributed by atoms with Crippen LogP contribution in [0.1, 0.15) is 15.9 Å². The highest BCUT2D eigenvalue weighted by atomic mass is 35.5. The zero-order valence-corrected chi connectivity index (χ0v) is 10.1. The maximum atomic E-state index is 10.5. The van der Waals surface area contributed by atoms with E-state index in [0.717, 1.165) is 5.56 Å². The number of carboxylic acid groups (broad SMARTS) is 1. The molecule has 0 unspecified atom stereocenters. The number of benzene rings is 1. The molecule has 0 aromatic heterocycles. The van der Waals surface area contributed by atoms with Gasteiger partial charge in [0, 0.05) is 6.04 Å². The Morgan fingerprint density at radius 2 is 1.75 bits per heavy atom. The van der Waals surface area contributed by atoms with Gasteiger partial charge in [0.15, 0.2) is 0 Å². The molecular weight excluding hydrogens is 253 g/mol. The molecule has 0 saturated carbocycles. The lowest BCUT2D eigenvalue weighted by Gasteiger charge is -2.07. The Bertz CT molecular complexity index is 316. The number of hydrogen-bond acceptors (Lipinski definition) is 3. The summed E-state index contributed by atoms with van der Waals surface area (Å²) >= 11 is 0. The summed E-state index contributed by atoms with van der Waals surface area (Å²) in [5, 5.41) is 17.4. The molecule has 0 saturated heterocycles. The van der Waals surface area contributed by atoms with Gasteiger partial charge in [-0.1, -0.05) is 12.1 Å². The fourth-order valence-electron chi connectivity index (χ4n) is 1.15. The molecule has 4 nitrogen and oxygen atoms in total. The molecule has 4 N–H and O–H groups in total. The highest BCUT2D eigenvalue weighted by Crippen LogP contribution is 2.06. The molecule has 0 aliphatic rings. The van der Waals surface area contributed by atoms with Gasteiger partial charge in [0.25, 0.3) is 0 Å². The molecular formula is C10H15Cl2NO3. The van der Waals surface area contributed by atoms with Gasteiger partial charge < -0.3 is 15.9 Å². The topological polar surface area (TPSA) is 83.5 Å². The van der Waals surface area contributed by atoms with Crippen molar-refractivity contribution in [1.82, 2.24) is 0 Å². The molecule has 1 aromatic rings. The van der Waals surface area contributed by atoms with Gasteiger partial charge in [-0.25, -0.2) is 4.79 Å². The first-order valence-corrected chi connectivity index (χ1v) is 4.32. The Morgan fingerprint density at radius 1 is 1.25 bits per heavy atom. The van der Waals surface area contributed by atoms with Crippen LogP contribution in [0.5, 0.6) is 0 Å². The summed E-state index contributed by atoms with van der Waals surface area (Å²) in [7, 11) is 0. The Morgan fingerprint density at radius 3 is 2.12 bits per heavy atom. The summed E-state index contributed by atoms with van der Waals surface area (Å²) in [6, 6.07) is 6.19. The number of rotatable bonds is 4. The van der Waals surface area contributed by atoms with Gasteiger partial charge in [0.05, 0.1) is 12.2 Å². The number of nitrogens with two attached hydrogens (primary N) is 1. The highest BCUT2D eigenvalue weighted by molar-refractivity contribution is 5.87. The van der Waals surface area contributed by atoms with Crippen molar-refractivity contribution < 1.29 is 15.0 Å². The molecule has 0 aliphatic carbocycles. The number of aromatic carboxylic acids is 1. The summed E-state index contributed by atoms with van der Waals surface area (Å²) in [5.41, 5.74) is 6.72. The highest BCUT2D eigenvalue weighted by Gasteiger charge is 2.04. The quantitative estimate of drug-likeness (QED) is 0.763. The van der Waals surface area contributed by atoms with Crippen molar-refractivity contribution in [1.29, 1.82) is 0 Å². The van der Waals surface area contributed by atoms with Crippen LogP contribution in [0.2, 0.25) is 0 Å². The Labute approximate surface area is 106 Å². The smallest absolute Gasteiger partial charge is 0.335 e. The number of halogens is 2. The number of carboxylic acids is 1. The van der Waals surface area contributed by atoms with Crippen molar-refractivity contribution in [3.05, 3.63) is 35.4 Å². The molecule has 1 atom stereocenters. The Hall–Kier alpha value is -0.810. The Kier molecular flexibility index (Phi) is 9.18. The number of hydrogen-bond donors (Lipinski definition) is 3. The number of aliphatic hydroxyl groups is 1. The molecule has 0 bridgehead atoms. The molecule has 0 radical (unpaired) electrons. The normalized spacial score (nSPS) is 10.9. The van der Waals surface area contributed by atoms with Gasteiger partial charge in [-0.15, -0.1) is 24.8 Å². The van der Waals surface area contributed by atoms with Crippen LogP contribution in [0.3, 0.4) is 0 Å². The third-order valence-corrected chi connectivity index (χ3v) is 1.93. The van der Waals surface area contributed by atoms with E-state index in [-0.39, 0.29) is 43.0 Å². The third-order valence-electron chi connectivity index (χ3n) is 1.93. The van der Waals surface area contributed by atoms with Crippen molar-refractivity contribution in [3.63, 3.8) is 0 Å². The molecule has 16 heavy (non-hydrogen) atoms. The lowest BCUT2D eigenvalue weighted by atomic mass is 10.1. The van der Waals surface area contributed by atoms with Crippen LogP contribution in [-0.2, 0) is 6.42 Å². The van der Waals surface area contributed by atoms with Gasteiger partial charge in [0.2, 0.25) is 0 Å². The monoisotopic (exact) mass is 267 g/mol. The molecule has 6 heteroatoms. The summed E-state index contributed by atoms with van der Waals surface area (Å²) in [4.78, 5) is 10.5. The van der Waals surface area contributed by atoms with Gasteiger partial charge in [-0.3, -0.25) is 0 Å². The van der Waals surface area contributed by atoms with Crippen molar-refractivity contribution in [3.8, 4) is 0 Å². The van der Waals surface area contributed by atoms with Gasteiger partial charge in [-0.05, 0) is 24.1 Å². The van der Waals surface area contributed by atoms with Crippen LogP contribution in [-0.4, -0.2) is 28.8 Å². The predicted molar refractivity (Wildman–Crippen MR) is 66.7 cm³/mol. The largest absolute Gasteiger partial charge is 0.478 e. The van der Waals surface area contributed by atoms with E-state index in [4.69, 9.17) is 15.9 Å². The first-order valence-electron chi connectivity index (χ1n) is 4.32. The second-order valence-corrected chi connectivity index (χ2v) is 3.15. The average molecular weight is 268 g/mol. The van der Waals surface area contributed by atoms with Crippen molar-refractivity contribution in [2.24, 2.45) is 5.73 Å². The van der Waals surface area contributed by atoms with Crippen LogP contribution >= 0.6 is 24.8 Å². The molecule has 0 spiro atoms. The van der Waals surface area contributed by atoms with Crippen LogP contribution < -0.4 is 5.73 Å². The zero-order chi connectivity index (χ0) is 10.6. The van der Waals surface area contributed by atoms with E-state index in [9.17, 15) is 4.79 Å². The first kappa shape index (κ1) is 17.6. The first-order chi connectivity index (χ1) is 6.63. The molecule has 92 valence electrons. The van der Waals surface area contributed by atoms with E-state index in [2.05, 4.69) is 0 Å². The fourth-order valence-corrected chi connectivity index (χ4v) is 1.15. The molecule has 1 aromatic carbocycles.